The number of likely N-dealkylation sites (N-methyl/N-ethyl adjacent to an activating group) is 1. The fraction of sp³-hybridized carbons (Fsp3) is 1.00. The third-order valence-electron chi connectivity index (χ3n) is 5.25. The Morgan fingerprint density at radius 1 is 1.00 bits per heavy atom. The molecule has 1 aliphatic carbocycles. The summed E-state index contributed by atoms with van der Waals surface area (Å²) in [5, 5.41) is 3.79. The van der Waals surface area contributed by atoms with Gasteiger partial charge in [0.1, 0.15) is 0 Å². The van der Waals surface area contributed by atoms with Gasteiger partial charge in [-0.25, -0.2) is 0 Å². The van der Waals surface area contributed by atoms with Crippen LogP contribution in [0.5, 0.6) is 0 Å². The van der Waals surface area contributed by atoms with Crippen LogP contribution in [0, 0.1) is 11.8 Å². The molecule has 0 aromatic rings. The molecule has 1 saturated carbocycles. The van der Waals surface area contributed by atoms with Crippen molar-refractivity contribution < 1.29 is 0 Å². The molecule has 0 aromatic carbocycles. The normalized spacial score (nSPS) is 29.1. The zero-order chi connectivity index (χ0) is 13.5. The summed E-state index contributed by atoms with van der Waals surface area (Å²) in [6.45, 7) is 9.78. The van der Waals surface area contributed by atoms with Crippen molar-refractivity contribution in [2.75, 3.05) is 26.2 Å². The van der Waals surface area contributed by atoms with Crippen molar-refractivity contribution in [2.24, 2.45) is 11.8 Å². The Bertz CT molecular complexity index is 235. The quantitative estimate of drug-likeness (QED) is 0.817. The first-order valence-electron chi connectivity index (χ1n) is 8.75. The zero-order valence-electron chi connectivity index (χ0n) is 13.2. The van der Waals surface area contributed by atoms with Gasteiger partial charge in [0.05, 0.1) is 0 Å². The Morgan fingerprint density at radius 3 is 2.53 bits per heavy atom. The van der Waals surface area contributed by atoms with E-state index < -0.39 is 0 Å². The van der Waals surface area contributed by atoms with E-state index in [0.29, 0.717) is 0 Å². The number of hydrogen-bond donors (Lipinski definition) is 1. The summed E-state index contributed by atoms with van der Waals surface area (Å²) < 4.78 is 0. The maximum absolute atomic E-state index is 3.79. The van der Waals surface area contributed by atoms with E-state index >= 15 is 0 Å². The Labute approximate surface area is 120 Å². The van der Waals surface area contributed by atoms with Gasteiger partial charge in [0, 0.05) is 12.6 Å². The lowest BCUT2D eigenvalue weighted by atomic mass is 9.83. The topological polar surface area (TPSA) is 15.3 Å². The molecule has 2 aliphatic rings. The van der Waals surface area contributed by atoms with Gasteiger partial charge in [0.2, 0.25) is 0 Å². The second-order valence-electron chi connectivity index (χ2n) is 6.90. The largest absolute Gasteiger partial charge is 0.313 e. The molecule has 112 valence electrons. The molecule has 2 rings (SSSR count). The van der Waals surface area contributed by atoms with Gasteiger partial charge in [-0.15, -0.1) is 0 Å². The van der Waals surface area contributed by atoms with Crippen LogP contribution in [0.25, 0.3) is 0 Å². The van der Waals surface area contributed by atoms with Gasteiger partial charge < -0.3 is 10.2 Å². The first-order valence-corrected chi connectivity index (χ1v) is 8.75. The molecule has 2 atom stereocenters. The standard InChI is InChI=1S/C17H34N2/c1-3-18-17(16-9-5-4-6-10-16)14-19-12-7-8-15(2)11-13-19/h15-18H,3-14H2,1-2H3. The molecule has 1 saturated heterocycles. The van der Waals surface area contributed by atoms with E-state index in [1.165, 1.54) is 71.0 Å². The molecule has 0 aromatic heterocycles. The fourth-order valence-corrected chi connectivity index (χ4v) is 3.96. The van der Waals surface area contributed by atoms with Crippen molar-refractivity contribution in [2.45, 2.75) is 71.3 Å². The van der Waals surface area contributed by atoms with Crippen LogP contribution in [-0.2, 0) is 0 Å². The second kappa shape index (κ2) is 8.26. The maximum atomic E-state index is 3.79. The monoisotopic (exact) mass is 266 g/mol. The fourth-order valence-electron chi connectivity index (χ4n) is 3.96. The molecule has 0 spiro atoms. The minimum Gasteiger partial charge on any atom is -0.313 e. The van der Waals surface area contributed by atoms with Crippen LogP contribution >= 0.6 is 0 Å². The second-order valence-corrected chi connectivity index (χ2v) is 6.90. The summed E-state index contributed by atoms with van der Waals surface area (Å²) in [7, 11) is 0. The van der Waals surface area contributed by atoms with Crippen LogP contribution in [0.4, 0.5) is 0 Å². The Kier molecular flexibility index (Phi) is 6.66. The van der Waals surface area contributed by atoms with Gasteiger partial charge in [-0.1, -0.05) is 33.1 Å². The van der Waals surface area contributed by atoms with Gasteiger partial charge in [-0.2, -0.15) is 0 Å². The van der Waals surface area contributed by atoms with E-state index in [9.17, 15) is 0 Å². The number of nitrogens with zero attached hydrogens (tertiary/aromatic N) is 1. The molecule has 1 N–H and O–H groups in total. The van der Waals surface area contributed by atoms with Crippen LogP contribution < -0.4 is 5.32 Å². The van der Waals surface area contributed by atoms with Crippen LogP contribution in [0.3, 0.4) is 0 Å². The highest BCUT2D eigenvalue weighted by Crippen LogP contribution is 2.27. The van der Waals surface area contributed by atoms with Gasteiger partial charge in [0.15, 0.2) is 0 Å². The lowest BCUT2D eigenvalue weighted by molar-refractivity contribution is 0.187. The van der Waals surface area contributed by atoms with Crippen LogP contribution in [0.2, 0.25) is 0 Å². The number of hydrogen-bond acceptors (Lipinski definition) is 2. The van der Waals surface area contributed by atoms with Crippen molar-refractivity contribution in [1.29, 1.82) is 0 Å². The van der Waals surface area contributed by atoms with Crippen molar-refractivity contribution in [1.82, 2.24) is 10.2 Å². The SMILES string of the molecule is CCNC(CN1CCCC(C)CC1)C1CCCCC1. The summed E-state index contributed by atoms with van der Waals surface area (Å²) in [6, 6.07) is 0.749. The molecule has 0 radical (unpaired) electrons. The Morgan fingerprint density at radius 2 is 1.79 bits per heavy atom. The minimum atomic E-state index is 0.749. The van der Waals surface area contributed by atoms with Gasteiger partial charge in [-0.05, 0) is 63.6 Å². The third kappa shape index (κ3) is 5.07. The van der Waals surface area contributed by atoms with Crippen molar-refractivity contribution in [3.05, 3.63) is 0 Å². The molecule has 1 aliphatic heterocycles. The molecule has 2 heteroatoms. The summed E-state index contributed by atoms with van der Waals surface area (Å²) in [5.74, 6) is 1.88. The smallest absolute Gasteiger partial charge is 0.0223 e. The zero-order valence-corrected chi connectivity index (χ0v) is 13.2. The predicted octanol–water partition coefficient (Wildman–Crippen LogP) is 3.67. The first-order chi connectivity index (χ1) is 9.29. The van der Waals surface area contributed by atoms with Crippen molar-refractivity contribution in [3.63, 3.8) is 0 Å². The average molecular weight is 266 g/mol. The lowest BCUT2D eigenvalue weighted by Gasteiger charge is -2.34. The predicted molar refractivity (Wildman–Crippen MR) is 83.5 cm³/mol. The molecule has 1 heterocycles. The highest BCUT2D eigenvalue weighted by Gasteiger charge is 2.25. The Hall–Kier alpha value is -0.0800. The maximum Gasteiger partial charge on any atom is 0.0223 e. The molecule has 2 unspecified atom stereocenters. The van der Waals surface area contributed by atoms with E-state index in [0.717, 1.165) is 24.4 Å². The van der Waals surface area contributed by atoms with Crippen molar-refractivity contribution in [3.8, 4) is 0 Å². The van der Waals surface area contributed by atoms with E-state index in [-0.39, 0.29) is 0 Å². The van der Waals surface area contributed by atoms with Gasteiger partial charge in [-0.3, -0.25) is 0 Å². The van der Waals surface area contributed by atoms with Crippen molar-refractivity contribution >= 4 is 0 Å². The Balaban J connectivity index is 1.84. The number of nitrogens with one attached hydrogen (secondary N) is 1. The average Bonchev–Trinajstić information content (AvgIpc) is 2.64. The van der Waals surface area contributed by atoms with Crippen LogP contribution in [-0.4, -0.2) is 37.1 Å². The van der Waals surface area contributed by atoms with Crippen LogP contribution in [0.1, 0.15) is 65.2 Å². The third-order valence-corrected chi connectivity index (χ3v) is 5.25. The number of rotatable bonds is 5. The number of likely N-dealkylation sites (tertiary alicyclic amines) is 1. The highest BCUT2D eigenvalue weighted by molar-refractivity contribution is 4.83. The summed E-state index contributed by atoms with van der Waals surface area (Å²) in [5.41, 5.74) is 0. The molecule has 2 fully saturated rings. The van der Waals surface area contributed by atoms with Crippen LogP contribution in [0.15, 0.2) is 0 Å². The van der Waals surface area contributed by atoms with E-state index in [4.69, 9.17) is 0 Å². The summed E-state index contributed by atoms with van der Waals surface area (Å²) >= 11 is 0. The molecule has 19 heavy (non-hydrogen) atoms. The van der Waals surface area contributed by atoms with Gasteiger partial charge >= 0.3 is 0 Å². The molecule has 0 amide bonds. The molecular formula is C17H34N2. The molecule has 0 bridgehead atoms. The summed E-state index contributed by atoms with van der Waals surface area (Å²) in [6.07, 6.45) is 11.6. The van der Waals surface area contributed by atoms with Gasteiger partial charge in [0.25, 0.3) is 0 Å². The highest BCUT2D eigenvalue weighted by atomic mass is 15.1. The first kappa shape index (κ1) is 15.3. The van der Waals surface area contributed by atoms with E-state index in [1.807, 2.05) is 0 Å². The molecular weight excluding hydrogens is 232 g/mol. The van der Waals surface area contributed by atoms with E-state index in [2.05, 4.69) is 24.1 Å². The minimum absolute atomic E-state index is 0.749. The lowest BCUT2D eigenvalue weighted by Crippen LogP contribution is -2.46. The van der Waals surface area contributed by atoms with E-state index in [1.54, 1.807) is 0 Å². The molecule has 2 nitrogen and oxygen atoms in total. The summed E-state index contributed by atoms with van der Waals surface area (Å²) in [4.78, 5) is 2.74.